The normalized spacial score (nSPS) is 23.0. The Morgan fingerprint density at radius 1 is 1.57 bits per heavy atom. The number of aliphatic hydroxyl groups is 1. The molecule has 0 spiro atoms. The number of nitrogens with one attached hydrogen (secondary N) is 1. The highest BCUT2D eigenvalue weighted by atomic mass is 16.3. The van der Waals surface area contributed by atoms with Gasteiger partial charge in [0.15, 0.2) is 0 Å². The van der Waals surface area contributed by atoms with Crippen molar-refractivity contribution in [2.45, 2.75) is 51.3 Å². The van der Waals surface area contributed by atoms with E-state index < -0.39 is 6.10 Å². The van der Waals surface area contributed by atoms with Gasteiger partial charge in [0.05, 0.1) is 12.1 Å². The van der Waals surface area contributed by atoms with Crippen LogP contribution >= 0.6 is 0 Å². The van der Waals surface area contributed by atoms with Crippen molar-refractivity contribution in [3.63, 3.8) is 0 Å². The molecule has 2 unspecified atom stereocenters. The van der Waals surface area contributed by atoms with Gasteiger partial charge in [-0.15, -0.1) is 0 Å². The van der Waals surface area contributed by atoms with Crippen LogP contribution in [0.4, 0.5) is 0 Å². The fraction of sp³-hybridized carbons (Fsp3) is 0.625. The molecule has 5 heteroatoms. The average molecular weight is 291 g/mol. The first-order chi connectivity index (χ1) is 10.2. The number of aromatic nitrogens is 1. The van der Waals surface area contributed by atoms with E-state index in [1.165, 1.54) is 0 Å². The van der Waals surface area contributed by atoms with Crippen LogP contribution in [0.2, 0.25) is 0 Å². The van der Waals surface area contributed by atoms with E-state index in [1.807, 2.05) is 18.3 Å². The number of β-amino-alcohol motifs (C(OH)–C–C–N with tert-alkyl or cyclic N) is 1. The van der Waals surface area contributed by atoms with Gasteiger partial charge in [0.1, 0.15) is 0 Å². The van der Waals surface area contributed by atoms with Gasteiger partial charge in [-0.1, -0.05) is 19.4 Å². The van der Waals surface area contributed by atoms with Gasteiger partial charge >= 0.3 is 0 Å². The number of amides is 1. The first kappa shape index (κ1) is 15.9. The molecule has 2 N–H and O–H groups in total. The summed E-state index contributed by atoms with van der Waals surface area (Å²) in [7, 11) is 0. The van der Waals surface area contributed by atoms with E-state index in [1.54, 1.807) is 6.20 Å². The third-order valence-electron chi connectivity index (χ3n) is 3.90. The standard InChI is InChI=1S/C16H25N3O2/c1-2-3-6-16(21)18-14-7-9-19(12-15(14)20)11-13-5-4-8-17-10-13/h4-5,8,10,14-15,20H,2-3,6-7,9,11-12H2,1H3,(H,18,21). The molecule has 1 aliphatic heterocycles. The van der Waals surface area contributed by atoms with Crippen molar-refractivity contribution in [1.29, 1.82) is 0 Å². The van der Waals surface area contributed by atoms with Crippen molar-refractivity contribution in [3.05, 3.63) is 30.1 Å². The van der Waals surface area contributed by atoms with Gasteiger partial charge in [-0.2, -0.15) is 0 Å². The third-order valence-corrected chi connectivity index (χ3v) is 3.90. The summed E-state index contributed by atoms with van der Waals surface area (Å²) in [5.74, 6) is 0.0570. The molecule has 1 saturated heterocycles. The van der Waals surface area contributed by atoms with Crippen LogP contribution in [0.5, 0.6) is 0 Å². The van der Waals surface area contributed by atoms with E-state index in [2.05, 4.69) is 22.1 Å². The number of hydrogen-bond acceptors (Lipinski definition) is 4. The highest BCUT2D eigenvalue weighted by Gasteiger charge is 2.28. The van der Waals surface area contributed by atoms with E-state index in [9.17, 15) is 9.90 Å². The summed E-state index contributed by atoms with van der Waals surface area (Å²) < 4.78 is 0. The zero-order valence-electron chi connectivity index (χ0n) is 12.7. The monoisotopic (exact) mass is 291 g/mol. The number of carbonyl (C=O) groups is 1. The predicted molar refractivity (Wildman–Crippen MR) is 81.6 cm³/mol. The maximum absolute atomic E-state index is 11.7. The van der Waals surface area contributed by atoms with Crippen LogP contribution in [-0.4, -0.2) is 46.1 Å². The summed E-state index contributed by atoms with van der Waals surface area (Å²) in [5, 5.41) is 13.2. The van der Waals surface area contributed by atoms with Gasteiger partial charge in [-0.25, -0.2) is 0 Å². The molecule has 2 heterocycles. The highest BCUT2D eigenvalue weighted by Crippen LogP contribution is 2.14. The lowest BCUT2D eigenvalue weighted by atomic mass is 10.0. The van der Waals surface area contributed by atoms with Gasteiger partial charge in [-0.3, -0.25) is 14.7 Å². The van der Waals surface area contributed by atoms with Crippen molar-refractivity contribution in [1.82, 2.24) is 15.2 Å². The van der Waals surface area contributed by atoms with Crippen molar-refractivity contribution in [3.8, 4) is 0 Å². The predicted octanol–water partition coefficient (Wildman–Crippen LogP) is 1.32. The van der Waals surface area contributed by atoms with Crippen LogP contribution in [0, 0.1) is 0 Å². The van der Waals surface area contributed by atoms with Gasteiger partial charge in [-0.05, 0) is 24.5 Å². The molecule has 5 nitrogen and oxygen atoms in total. The molecule has 21 heavy (non-hydrogen) atoms. The van der Waals surface area contributed by atoms with Crippen molar-refractivity contribution < 1.29 is 9.90 Å². The fourth-order valence-corrected chi connectivity index (χ4v) is 2.68. The highest BCUT2D eigenvalue weighted by molar-refractivity contribution is 5.76. The van der Waals surface area contributed by atoms with Crippen molar-refractivity contribution in [2.24, 2.45) is 0 Å². The Morgan fingerprint density at radius 2 is 2.43 bits per heavy atom. The van der Waals surface area contributed by atoms with Gasteiger partial charge in [0.25, 0.3) is 0 Å². The number of likely N-dealkylation sites (tertiary alicyclic amines) is 1. The molecule has 2 atom stereocenters. The molecular weight excluding hydrogens is 266 g/mol. The third kappa shape index (κ3) is 5.10. The lowest BCUT2D eigenvalue weighted by molar-refractivity contribution is -0.123. The molecular formula is C16H25N3O2. The van der Waals surface area contributed by atoms with Crippen LogP contribution in [0.15, 0.2) is 24.5 Å². The minimum Gasteiger partial charge on any atom is -0.390 e. The Kier molecular flexibility index (Phi) is 6.14. The largest absolute Gasteiger partial charge is 0.390 e. The van der Waals surface area contributed by atoms with Crippen LogP contribution in [0.1, 0.15) is 38.2 Å². The molecule has 1 fully saturated rings. The lowest BCUT2D eigenvalue weighted by Gasteiger charge is -2.36. The quantitative estimate of drug-likeness (QED) is 0.830. The molecule has 0 radical (unpaired) electrons. The fourth-order valence-electron chi connectivity index (χ4n) is 2.68. The number of hydrogen-bond donors (Lipinski definition) is 2. The smallest absolute Gasteiger partial charge is 0.220 e. The number of unbranched alkanes of at least 4 members (excludes halogenated alkanes) is 1. The Balaban J connectivity index is 1.78. The molecule has 1 aromatic heterocycles. The number of aliphatic hydroxyl groups excluding tert-OH is 1. The summed E-state index contributed by atoms with van der Waals surface area (Å²) in [6.07, 6.45) is 6.38. The minimum atomic E-state index is -0.499. The van der Waals surface area contributed by atoms with Gasteiger partial charge in [0, 0.05) is 38.4 Å². The Morgan fingerprint density at radius 3 is 3.10 bits per heavy atom. The molecule has 0 saturated carbocycles. The number of carbonyl (C=O) groups excluding carboxylic acids is 1. The Bertz CT molecular complexity index is 438. The summed E-state index contributed by atoms with van der Waals surface area (Å²) in [4.78, 5) is 18.1. The number of pyridine rings is 1. The number of nitrogens with zero attached hydrogens (tertiary/aromatic N) is 2. The van der Waals surface area contributed by atoms with Crippen LogP contribution in [0.3, 0.4) is 0 Å². The van der Waals surface area contributed by atoms with E-state index in [0.29, 0.717) is 13.0 Å². The molecule has 1 aromatic rings. The summed E-state index contributed by atoms with van der Waals surface area (Å²) in [6, 6.07) is 3.85. The summed E-state index contributed by atoms with van der Waals surface area (Å²) in [5.41, 5.74) is 1.15. The maximum Gasteiger partial charge on any atom is 0.220 e. The number of rotatable bonds is 6. The first-order valence-electron chi connectivity index (χ1n) is 7.77. The maximum atomic E-state index is 11.7. The van der Waals surface area contributed by atoms with Crippen LogP contribution in [0.25, 0.3) is 0 Å². The lowest BCUT2D eigenvalue weighted by Crippen LogP contribution is -2.53. The second-order valence-corrected chi connectivity index (χ2v) is 5.73. The summed E-state index contributed by atoms with van der Waals surface area (Å²) >= 11 is 0. The number of piperidine rings is 1. The van der Waals surface area contributed by atoms with Gasteiger partial charge in [0.2, 0.25) is 5.91 Å². The van der Waals surface area contributed by atoms with E-state index >= 15 is 0 Å². The SMILES string of the molecule is CCCCC(=O)NC1CCN(Cc2cccnc2)CC1O. The zero-order chi connectivity index (χ0) is 15.1. The average Bonchev–Trinajstić information content (AvgIpc) is 2.49. The van der Waals surface area contributed by atoms with Gasteiger partial charge < -0.3 is 10.4 Å². The topological polar surface area (TPSA) is 65.5 Å². The molecule has 1 aliphatic rings. The van der Waals surface area contributed by atoms with E-state index in [-0.39, 0.29) is 11.9 Å². The molecule has 0 aliphatic carbocycles. The zero-order valence-corrected chi connectivity index (χ0v) is 12.7. The minimum absolute atomic E-state index is 0.0570. The summed E-state index contributed by atoms with van der Waals surface area (Å²) in [6.45, 7) is 4.33. The molecule has 116 valence electrons. The van der Waals surface area contributed by atoms with Crippen LogP contribution < -0.4 is 5.32 Å². The second kappa shape index (κ2) is 8.10. The molecule has 0 aromatic carbocycles. The molecule has 2 rings (SSSR count). The second-order valence-electron chi connectivity index (χ2n) is 5.73. The Hall–Kier alpha value is -1.46. The molecule has 0 bridgehead atoms. The van der Waals surface area contributed by atoms with E-state index in [4.69, 9.17) is 0 Å². The first-order valence-corrected chi connectivity index (χ1v) is 7.77. The van der Waals surface area contributed by atoms with E-state index in [0.717, 1.165) is 37.9 Å². The van der Waals surface area contributed by atoms with Crippen LogP contribution in [-0.2, 0) is 11.3 Å². The van der Waals surface area contributed by atoms with Crippen molar-refractivity contribution >= 4 is 5.91 Å². The van der Waals surface area contributed by atoms with Crippen molar-refractivity contribution in [2.75, 3.05) is 13.1 Å². The molecule has 1 amide bonds. The Labute approximate surface area is 126 Å².